The normalized spacial score (nSPS) is 15.9. The maximum Gasteiger partial charge on any atom is 0.254 e. The molecule has 0 spiro atoms. The van der Waals surface area contributed by atoms with Gasteiger partial charge in [-0.1, -0.05) is 71.7 Å². The molecule has 2 atom stereocenters. The number of fused-ring (bicyclic) bond motifs is 1. The van der Waals surface area contributed by atoms with Crippen molar-refractivity contribution in [3.8, 4) is 0 Å². The van der Waals surface area contributed by atoms with Crippen LogP contribution in [0.5, 0.6) is 0 Å². The van der Waals surface area contributed by atoms with Crippen LogP contribution < -0.4 is 0 Å². The minimum absolute atomic E-state index is 0.00880. The highest BCUT2D eigenvalue weighted by atomic mass is 35.5. The number of likely N-dealkylation sites (N-methyl/N-ethyl adjacent to an activating group) is 1. The Labute approximate surface area is 259 Å². The molecule has 8 heteroatoms. The van der Waals surface area contributed by atoms with Crippen molar-refractivity contribution in [2.45, 2.75) is 36.0 Å². The minimum Gasteiger partial charge on any atom is -0.341 e. The van der Waals surface area contributed by atoms with E-state index in [0.29, 0.717) is 33.5 Å². The standard InChI is InChI=1S/C34H35Cl2FN2O2S/c1-38(34(40)30-21-27(37)19-25-7-3-4-8-28(25)30)22-26(24-11-12-31(35)32(36)20-24)15-18-39-16-13-23(14-17-39)29-9-5-6-10-33(29)42(2)41/h3-12,19-21,23,26H,13-18,22H2,1-2H3/t26-,42?/m1/s1. The van der Waals surface area contributed by atoms with Crippen molar-refractivity contribution < 1.29 is 13.4 Å². The molecule has 42 heavy (non-hydrogen) atoms. The molecule has 1 fully saturated rings. The number of hydrogen-bond acceptors (Lipinski definition) is 3. The first kappa shape index (κ1) is 30.7. The summed E-state index contributed by atoms with van der Waals surface area (Å²) in [6.07, 6.45) is 4.59. The van der Waals surface area contributed by atoms with Crippen LogP contribution in [0.2, 0.25) is 10.0 Å². The van der Waals surface area contributed by atoms with Crippen LogP contribution in [0.15, 0.2) is 83.8 Å². The number of piperidine rings is 1. The lowest BCUT2D eigenvalue weighted by molar-refractivity contribution is 0.0783. The van der Waals surface area contributed by atoms with Crippen molar-refractivity contribution in [2.75, 3.05) is 39.5 Å². The van der Waals surface area contributed by atoms with Crippen LogP contribution in [0.1, 0.15) is 52.6 Å². The third kappa shape index (κ3) is 7.05. The molecule has 4 aromatic carbocycles. The lowest BCUT2D eigenvalue weighted by Gasteiger charge is -2.34. The second kappa shape index (κ2) is 13.7. The fraction of sp³-hybridized carbons (Fsp3) is 0.324. The van der Waals surface area contributed by atoms with Crippen LogP contribution in [0.25, 0.3) is 10.8 Å². The average molecular weight is 626 g/mol. The fourth-order valence-electron chi connectivity index (χ4n) is 6.09. The SMILES string of the molecule is CN(C[C@@H](CCN1CCC(c2ccccc2S(C)=O)CC1)c1ccc(Cl)c(Cl)c1)C(=O)c1cc(F)cc2ccccc12. The predicted molar refractivity (Wildman–Crippen MR) is 172 cm³/mol. The molecule has 0 aromatic heterocycles. The van der Waals surface area contributed by atoms with Crippen LogP contribution >= 0.6 is 23.2 Å². The van der Waals surface area contributed by atoms with E-state index in [1.54, 1.807) is 24.3 Å². The monoisotopic (exact) mass is 624 g/mol. The van der Waals surface area contributed by atoms with Gasteiger partial charge in [-0.25, -0.2) is 4.39 Å². The topological polar surface area (TPSA) is 40.6 Å². The quantitative estimate of drug-likeness (QED) is 0.189. The highest BCUT2D eigenvalue weighted by Gasteiger charge is 2.26. The number of carbonyl (C=O) groups excluding carboxylic acids is 1. The van der Waals surface area contributed by atoms with Gasteiger partial charge in [-0.3, -0.25) is 9.00 Å². The second-order valence-electron chi connectivity index (χ2n) is 11.1. The van der Waals surface area contributed by atoms with Gasteiger partial charge in [-0.15, -0.1) is 0 Å². The van der Waals surface area contributed by atoms with Gasteiger partial charge in [-0.2, -0.15) is 0 Å². The van der Waals surface area contributed by atoms with Crippen LogP contribution in [-0.2, 0) is 10.8 Å². The number of hydrogen-bond donors (Lipinski definition) is 0. The molecule has 0 bridgehead atoms. The molecular weight excluding hydrogens is 590 g/mol. The van der Waals surface area contributed by atoms with Gasteiger partial charge < -0.3 is 9.80 Å². The fourth-order valence-corrected chi connectivity index (χ4v) is 7.23. The van der Waals surface area contributed by atoms with Crippen LogP contribution in [0, 0.1) is 5.82 Å². The van der Waals surface area contributed by atoms with Crippen molar-refractivity contribution in [2.24, 2.45) is 0 Å². The smallest absolute Gasteiger partial charge is 0.254 e. The molecule has 220 valence electrons. The van der Waals surface area contributed by atoms with Crippen molar-refractivity contribution >= 4 is 50.7 Å². The summed E-state index contributed by atoms with van der Waals surface area (Å²) in [6.45, 7) is 3.22. The van der Waals surface area contributed by atoms with E-state index in [4.69, 9.17) is 23.2 Å². The van der Waals surface area contributed by atoms with Crippen LogP contribution in [0.4, 0.5) is 4.39 Å². The zero-order valence-electron chi connectivity index (χ0n) is 23.9. The summed E-state index contributed by atoms with van der Waals surface area (Å²) in [7, 11) is 0.766. The predicted octanol–water partition coefficient (Wildman–Crippen LogP) is 8.15. The zero-order chi connectivity index (χ0) is 29.8. The summed E-state index contributed by atoms with van der Waals surface area (Å²) < 4.78 is 26.7. The molecular formula is C34H35Cl2FN2O2S. The maximum absolute atomic E-state index is 14.4. The largest absolute Gasteiger partial charge is 0.341 e. The van der Waals surface area contributed by atoms with E-state index in [0.717, 1.165) is 54.7 Å². The van der Waals surface area contributed by atoms with Crippen LogP contribution in [-0.4, -0.2) is 59.4 Å². The van der Waals surface area contributed by atoms with Crippen molar-refractivity contribution in [1.29, 1.82) is 0 Å². The van der Waals surface area contributed by atoms with Crippen molar-refractivity contribution in [3.05, 3.63) is 111 Å². The Morgan fingerprint density at radius 3 is 2.45 bits per heavy atom. The Kier molecular flexibility index (Phi) is 10.00. The summed E-state index contributed by atoms with van der Waals surface area (Å²) >= 11 is 12.6. The summed E-state index contributed by atoms with van der Waals surface area (Å²) in [5.41, 5.74) is 2.58. The third-order valence-corrected chi connectivity index (χ3v) is 10.1. The van der Waals surface area contributed by atoms with E-state index in [2.05, 4.69) is 11.0 Å². The molecule has 0 radical (unpaired) electrons. The number of benzene rings is 4. The highest BCUT2D eigenvalue weighted by molar-refractivity contribution is 7.84. The van der Waals surface area contributed by atoms with Gasteiger partial charge >= 0.3 is 0 Å². The molecule has 1 unspecified atom stereocenters. The minimum atomic E-state index is -1.01. The third-order valence-electron chi connectivity index (χ3n) is 8.36. The Morgan fingerprint density at radius 1 is 1.00 bits per heavy atom. The molecule has 1 aliphatic rings. The number of halogens is 3. The molecule has 4 aromatic rings. The molecule has 1 aliphatic heterocycles. The van der Waals surface area contributed by atoms with Gasteiger partial charge in [0.15, 0.2) is 0 Å². The van der Waals surface area contributed by atoms with Gasteiger partial charge in [-0.05, 0) is 97.0 Å². The maximum atomic E-state index is 14.4. The van der Waals surface area contributed by atoms with Gasteiger partial charge in [0.2, 0.25) is 0 Å². The number of likely N-dealkylation sites (tertiary alicyclic amines) is 1. The van der Waals surface area contributed by atoms with Gasteiger partial charge in [0.25, 0.3) is 5.91 Å². The molecule has 0 aliphatic carbocycles. The molecule has 5 rings (SSSR count). The molecule has 1 amide bonds. The molecule has 0 N–H and O–H groups in total. The number of amides is 1. The van der Waals surface area contributed by atoms with E-state index >= 15 is 0 Å². The van der Waals surface area contributed by atoms with E-state index in [1.165, 1.54) is 17.7 Å². The lowest BCUT2D eigenvalue weighted by atomic mass is 9.88. The van der Waals surface area contributed by atoms with E-state index in [9.17, 15) is 13.4 Å². The molecule has 1 heterocycles. The Morgan fingerprint density at radius 2 is 1.71 bits per heavy atom. The Balaban J connectivity index is 1.29. The molecule has 4 nitrogen and oxygen atoms in total. The lowest BCUT2D eigenvalue weighted by Crippen LogP contribution is -2.36. The second-order valence-corrected chi connectivity index (χ2v) is 13.3. The Bertz CT molecular complexity index is 1610. The van der Waals surface area contributed by atoms with Gasteiger partial charge in [0.1, 0.15) is 5.82 Å². The van der Waals surface area contributed by atoms with Crippen molar-refractivity contribution in [3.63, 3.8) is 0 Å². The van der Waals surface area contributed by atoms with Gasteiger partial charge in [0, 0.05) is 30.7 Å². The van der Waals surface area contributed by atoms with Gasteiger partial charge in [0.05, 0.1) is 26.4 Å². The summed E-state index contributed by atoms with van der Waals surface area (Å²) in [4.78, 5) is 18.7. The van der Waals surface area contributed by atoms with Crippen LogP contribution in [0.3, 0.4) is 0 Å². The van der Waals surface area contributed by atoms with E-state index in [-0.39, 0.29) is 11.8 Å². The number of carbonyl (C=O) groups is 1. The summed E-state index contributed by atoms with van der Waals surface area (Å²) in [6, 6.07) is 23.9. The van der Waals surface area contributed by atoms with E-state index in [1.807, 2.05) is 54.6 Å². The van der Waals surface area contributed by atoms with Crippen molar-refractivity contribution in [1.82, 2.24) is 9.80 Å². The first-order valence-electron chi connectivity index (χ1n) is 14.2. The first-order chi connectivity index (χ1) is 20.2. The average Bonchev–Trinajstić information content (AvgIpc) is 3.00. The molecule has 1 saturated heterocycles. The summed E-state index contributed by atoms with van der Waals surface area (Å²) in [5, 5.41) is 2.41. The zero-order valence-corrected chi connectivity index (χ0v) is 26.2. The van der Waals surface area contributed by atoms with E-state index < -0.39 is 16.6 Å². The highest BCUT2D eigenvalue weighted by Crippen LogP contribution is 2.33. The molecule has 0 saturated carbocycles. The first-order valence-corrected chi connectivity index (χ1v) is 16.6. The number of rotatable bonds is 9. The number of nitrogens with zero attached hydrogens (tertiary/aromatic N) is 2. The summed E-state index contributed by atoms with van der Waals surface area (Å²) in [5.74, 6) is -0.238. The Hall–Kier alpha value is -2.77.